The highest BCUT2D eigenvalue weighted by atomic mass is 35.5. The van der Waals surface area contributed by atoms with Crippen LogP contribution in [0.15, 0.2) is 41.3 Å². The Morgan fingerprint density at radius 2 is 1.82 bits per heavy atom. The lowest BCUT2D eigenvalue weighted by atomic mass is 9.84. The predicted molar refractivity (Wildman–Crippen MR) is 115 cm³/mol. The van der Waals surface area contributed by atoms with Crippen LogP contribution in [0.1, 0.15) is 25.0 Å². The van der Waals surface area contributed by atoms with Crippen molar-refractivity contribution in [3.05, 3.63) is 68.8 Å². The number of H-pyrrole nitrogens is 1. The summed E-state index contributed by atoms with van der Waals surface area (Å²) in [5.74, 6) is -1.60. The average molecular weight is 483 g/mol. The number of hydrogen-bond acceptors (Lipinski definition) is 4. The van der Waals surface area contributed by atoms with Gasteiger partial charge in [-0.25, -0.2) is 9.37 Å². The molecule has 2 heterocycles. The van der Waals surface area contributed by atoms with Crippen LogP contribution in [0.2, 0.25) is 5.02 Å². The number of pyridine rings is 1. The number of benzene rings is 1. The van der Waals surface area contributed by atoms with Crippen LogP contribution in [0.25, 0.3) is 22.8 Å². The topological polar surface area (TPSA) is 102 Å². The minimum absolute atomic E-state index is 0.0191. The molecule has 0 radical (unpaired) electrons. The van der Waals surface area contributed by atoms with Crippen molar-refractivity contribution in [1.29, 1.82) is 0 Å². The molecule has 3 rings (SSSR count). The standard InChI is InChI=1S/C22H19ClF4N4O2/c1-21(2,20(28)33)9-12-4-5-13(23)17(18(12)24)19-30-15(7-16(32)31-19)14-6-3-11(10-29-14)8-22(25,26)27/h3-7,10H,8-9H2,1-2H3,(H2,28,33)(H,30,31,32). The van der Waals surface area contributed by atoms with E-state index >= 15 is 4.39 Å². The summed E-state index contributed by atoms with van der Waals surface area (Å²) in [5, 5.41) is -0.0399. The Hall–Kier alpha value is -3.27. The number of carbonyl (C=O) groups is 1. The van der Waals surface area contributed by atoms with E-state index in [1.165, 1.54) is 24.3 Å². The molecule has 0 spiro atoms. The molecule has 0 atom stereocenters. The maximum atomic E-state index is 15.4. The van der Waals surface area contributed by atoms with Crippen LogP contribution in [0.5, 0.6) is 0 Å². The van der Waals surface area contributed by atoms with E-state index in [4.69, 9.17) is 17.3 Å². The van der Waals surface area contributed by atoms with Gasteiger partial charge < -0.3 is 10.7 Å². The van der Waals surface area contributed by atoms with Crippen LogP contribution in [-0.2, 0) is 17.6 Å². The fraction of sp³-hybridized carbons (Fsp3) is 0.273. The number of aromatic nitrogens is 3. The molecule has 0 unspecified atom stereocenters. The molecule has 3 aromatic rings. The van der Waals surface area contributed by atoms with Crippen molar-refractivity contribution < 1.29 is 22.4 Å². The van der Waals surface area contributed by atoms with Crippen molar-refractivity contribution in [2.75, 3.05) is 0 Å². The monoisotopic (exact) mass is 482 g/mol. The Labute approximate surface area is 190 Å². The third-order valence-electron chi connectivity index (χ3n) is 4.94. The van der Waals surface area contributed by atoms with Crippen LogP contribution in [0.3, 0.4) is 0 Å². The highest BCUT2D eigenvalue weighted by molar-refractivity contribution is 6.33. The quantitative estimate of drug-likeness (QED) is 0.507. The van der Waals surface area contributed by atoms with Gasteiger partial charge in [-0.15, -0.1) is 0 Å². The van der Waals surface area contributed by atoms with Gasteiger partial charge in [0.25, 0.3) is 5.56 Å². The number of nitrogens with zero attached hydrogens (tertiary/aromatic N) is 2. The van der Waals surface area contributed by atoms with E-state index in [2.05, 4.69) is 15.0 Å². The number of nitrogens with one attached hydrogen (secondary N) is 1. The third-order valence-corrected chi connectivity index (χ3v) is 5.26. The largest absolute Gasteiger partial charge is 0.393 e. The molecule has 0 aliphatic heterocycles. The minimum atomic E-state index is -4.39. The first kappa shape index (κ1) is 24.4. The Bertz CT molecular complexity index is 1250. The Balaban J connectivity index is 2.04. The van der Waals surface area contributed by atoms with Gasteiger partial charge in [-0.3, -0.25) is 14.6 Å². The van der Waals surface area contributed by atoms with Gasteiger partial charge in [0.2, 0.25) is 5.91 Å². The van der Waals surface area contributed by atoms with Gasteiger partial charge in [-0.1, -0.05) is 37.6 Å². The zero-order chi connectivity index (χ0) is 24.6. The van der Waals surface area contributed by atoms with E-state index in [0.29, 0.717) is 0 Å². The summed E-state index contributed by atoms with van der Waals surface area (Å²) in [6, 6.07) is 6.41. The van der Waals surface area contributed by atoms with Crippen LogP contribution in [-0.4, -0.2) is 27.0 Å². The summed E-state index contributed by atoms with van der Waals surface area (Å²) in [6.45, 7) is 3.13. The van der Waals surface area contributed by atoms with E-state index in [9.17, 15) is 22.8 Å². The predicted octanol–water partition coefficient (Wildman–Crippen LogP) is 4.45. The second-order valence-electron chi connectivity index (χ2n) is 8.14. The number of halogens is 5. The van der Waals surface area contributed by atoms with Crippen LogP contribution in [0.4, 0.5) is 17.6 Å². The molecule has 3 N–H and O–H groups in total. The van der Waals surface area contributed by atoms with E-state index < -0.39 is 35.3 Å². The zero-order valence-corrected chi connectivity index (χ0v) is 18.3. The lowest BCUT2D eigenvalue weighted by molar-refractivity contribution is -0.127. The molecule has 1 aromatic carbocycles. The molecule has 0 aliphatic carbocycles. The van der Waals surface area contributed by atoms with E-state index in [1.807, 2.05) is 0 Å². The first-order valence-electron chi connectivity index (χ1n) is 9.67. The molecule has 0 fully saturated rings. The van der Waals surface area contributed by atoms with Crippen molar-refractivity contribution >= 4 is 17.5 Å². The summed E-state index contributed by atoms with van der Waals surface area (Å²) in [6.07, 6.45) is -4.53. The molecule has 174 valence electrons. The lowest BCUT2D eigenvalue weighted by Crippen LogP contribution is -2.33. The highest BCUT2D eigenvalue weighted by Crippen LogP contribution is 2.33. The van der Waals surface area contributed by atoms with Gasteiger partial charge in [-0.05, 0) is 29.7 Å². The van der Waals surface area contributed by atoms with Crippen molar-refractivity contribution in [2.45, 2.75) is 32.9 Å². The first-order chi connectivity index (χ1) is 15.3. The summed E-state index contributed by atoms with van der Waals surface area (Å²) in [5.41, 5.74) is 3.72. The minimum Gasteiger partial charge on any atom is -0.369 e. The number of primary amides is 1. The smallest absolute Gasteiger partial charge is 0.369 e. The highest BCUT2D eigenvalue weighted by Gasteiger charge is 2.29. The molecule has 6 nitrogen and oxygen atoms in total. The SMILES string of the molecule is CC(C)(Cc1ccc(Cl)c(-c2nc(-c3ccc(CC(F)(F)F)cn3)cc(=O)[nH]2)c1F)C(N)=O. The van der Waals surface area contributed by atoms with Crippen LogP contribution in [0, 0.1) is 11.2 Å². The maximum Gasteiger partial charge on any atom is 0.393 e. The Kier molecular flexibility index (Phi) is 6.60. The molecule has 33 heavy (non-hydrogen) atoms. The normalized spacial score (nSPS) is 12.1. The van der Waals surface area contributed by atoms with Crippen molar-refractivity contribution in [1.82, 2.24) is 15.0 Å². The molecular weight excluding hydrogens is 464 g/mol. The Morgan fingerprint density at radius 1 is 1.12 bits per heavy atom. The molecular formula is C22H19ClF4N4O2. The van der Waals surface area contributed by atoms with Gasteiger partial charge in [0.05, 0.1) is 28.4 Å². The van der Waals surface area contributed by atoms with E-state index in [0.717, 1.165) is 12.3 Å². The number of aromatic amines is 1. The molecule has 0 saturated carbocycles. The number of rotatable bonds is 6. The number of alkyl halides is 3. The average Bonchev–Trinajstić information content (AvgIpc) is 2.69. The van der Waals surface area contributed by atoms with Crippen LogP contribution >= 0.6 is 11.6 Å². The molecule has 11 heteroatoms. The van der Waals surface area contributed by atoms with Gasteiger partial charge in [0.1, 0.15) is 11.6 Å². The second-order valence-corrected chi connectivity index (χ2v) is 8.55. The van der Waals surface area contributed by atoms with Gasteiger partial charge in [0, 0.05) is 17.7 Å². The molecule has 0 bridgehead atoms. The van der Waals surface area contributed by atoms with Crippen molar-refractivity contribution in [2.24, 2.45) is 11.1 Å². The van der Waals surface area contributed by atoms with E-state index in [-0.39, 0.29) is 45.3 Å². The van der Waals surface area contributed by atoms with Gasteiger partial charge >= 0.3 is 6.18 Å². The lowest BCUT2D eigenvalue weighted by Gasteiger charge is -2.21. The third kappa shape index (κ3) is 5.75. The van der Waals surface area contributed by atoms with Gasteiger partial charge in [0.15, 0.2) is 0 Å². The number of nitrogens with two attached hydrogens (primary N) is 1. The van der Waals surface area contributed by atoms with E-state index in [1.54, 1.807) is 13.8 Å². The molecule has 0 saturated heterocycles. The molecule has 2 aromatic heterocycles. The molecule has 0 aliphatic rings. The Morgan fingerprint density at radius 3 is 2.39 bits per heavy atom. The first-order valence-corrected chi connectivity index (χ1v) is 10.1. The summed E-state index contributed by atoms with van der Waals surface area (Å²) in [7, 11) is 0. The van der Waals surface area contributed by atoms with Crippen molar-refractivity contribution in [3.63, 3.8) is 0 Å². The van der Waals surface area contributed by atoms with Crippen LogP contribution < -0.4 is 11.3 Å². The number of amides is 1. The maximum absolute atomic E-state index is 15.4. The summed E-state index contributed by atoms with van der Waals surface area (Å²) in [4.78, 5) is 34.5. The summed E-state index contributed by atoms with van der Waals surface area (Å²) >= 11 is 6.19. The number of carbonyl (C=O) groups excluding carboxylic acids is 1. The van der Waals surface area contributed by atoms with Crippen molar-refractivity contribution in [3.8, 4) is 22.8 Å². The second kappa shape index (κ2) is 8.93. The van der Waals surface area contributed by atoms with Gasteiger partial charge in [-0.2, -0.15) is 13.2 Å². The fourth-order valence-electron chi connectivity index (χ4n) is 3.13. The molecule has 1 amide bonds. The fourth-order valence-corrected chi connectivity index (χ4v) is 3.37. The summed E-state index contributed by atoms with van der Waals surface area (Å²) < 4.78 is 53.0. The zero-order valence-electron chi connectivity index (χ0n) is 17.6. The number of hydrogen-bond donors (Lipinski definition) is 2.